The highest BCUT2D eigenvalue weighted by atomic mass is 35.5. The lowest BCUT2D eigenvalue weighted by atomic mass is 10.4. The van der Waals surface area contributed by atoms with Crippen molar-refractivity contribution in [3.8, 4) is 0 Å². The van der Waals surface area contributed by atoms with E-state index in [2.05, 4.69) is 5.11 Å². The van der Waals surface area contributed by atoms with E-state index in [-0.39, 0.29) is 12.4 Å². The van der Waals surface area contributed by atoms with E-state index in [4.69, 9.17) is 5.53 Å². The van der Waals surface area contributed by atoms with Gasteiger partial charge in [0.25, 0.3) is 0 Å². The lowest BCUT2D eigenvalue weighted by Crippen LogP contribution is -3.00. The molecular weight excluding hydrogens is 162 g/mol. The third-order valence-corrected chi connectivity index (χ3v) is 1.37. The van der Waals surface area contributed by atoms with Gasteiger partial charge in [0.15, 0.2) is 0 Å². The first-order valence-corrected chi connectivity index (χ1v) is 3.24. The van der Waals surface area contributed by atoms with Gasteiger partial charge in [-0.05, 0) is 13.0 Å². The number of rotatable bonds is 2. The molecule has 1 heterocycles. The summed E-state index contributed by atoms with van der Waals surface area (Å²) < 4.78 is 1.91. The molecule has 0 saturated heterocycles. The zero-order chi connectivity index (χ0) is 7.40. The molecule has 0 saturated carbocycles. The quantitative estimate of drug-likeness (QED) is 0.423. The highest BCUT2D eigenvalue weighted by Crippen LogP contribution is 2.00. The monoisotopic (exact) mass is 171 g/mol. The second kappa shape index (κ2) is 4.79. The van der Waals surface area contributed by atoms with Crippen molar-refractivity contribution in [3.05, 3.63) is 24.4 Å². The van der Waals surface area contributed by atoms with E-state index in [0.717, 1.165) is 6.54 Å². The molecule has 0 radical (unpaired) electrons. The van der Waals surface area contributed by atoms with Gasteiger partial charge in [0, 0.05) is 6.07 Å². The Kier molecular flexibility index (Phi) is 4.38. The molecule has 4 heteroatoms. The van der Waals surface area contributed by atoms with Gasteiger partial charge in [0.1, 0.15) is 0 Å². The number of aryl methyl sites for hydroxylation is 1. The van der Waals surface area contributed by atoms with Crippen LogP contribution in [0, 0.1) is 5.53 Å². The Balaban J connectivity index is 0.000001000. The summed E-state index contributed by atoms with van der Waals surface area (Å²) in [4.78, 5) is 0. The van der Waals surface area contributed by atoms with Crippen LogP contribution in [0.2, 0.25) is 0 Å². The summed E-state index contributed by atoms with van der Waals surface area (Å²) in [5, 5.41) is 3.35. The fourth-order valence-electron chi connectivity index (χ4n) is 0.836. The average Bonchev–Trinajstić information content (AvgIpc) is 2.04. The first kappa shape index (κ1) is 10.0. The maximum atomic E-state index is 6.79. The van der Waals surface area contributed by atoms with Crippen molar-refractivity contribution in [1.82, 2.24) is 0 Å². The number of hydrogen-bond donors (Lipinski definition) is 1. The number of nitrogens with zero attached hydrogens (tertiary/aromatic N) is 2. The van der Waals surface area contributed by atoms with Crippen molar-refractivity contribution >= 4 is 5.82 Å². The fraction of sp³-hybridized carbons (Fsp3) is 0.286. The lowest BCUT2D eigenvalue weighted by Gasteiger charge is -1.93. The molecule has 60 valence electrons. The largest absolute Gasteiger partial charge is 1.00 e. The van der Waals surface area contributed by atoms with Crippen LogP contribution in [0.5, 0.6) is 0 Å². The summed E-state index contributed by atoms with van der Waals surface area (Å²) in [6.45, 7) is 2.88. The van der Waals surface area contributed by atoms with E-state index in [1.807, 2.05) is 35.9 Å². The van der Waals surface area contributed by atoms with E-state index in [9.17, 15) is 0 Å². The topological polar surface area (TPSA) is 40.1 Å². The maximum Gasteiger partial charge on any atom is 0.349 e. The lowest BCUT2D eigenvalue weighted by molar-refractivity contribution is -0.681. The van der Waals surface area contributed by atoms with Crippen molar-refractivity contribution < 1.29 is 17.0 Å². The standard InChI is InChI=1S/C7H10N3.ClH/c1-2-10-6-4-3-5-7(10)9-8;/h3-6,8H,2H2,1H3;1H/q+1;/p-1. The van der Waals surface area contributed by atoms with Gasteiger partial charge in [0.05, 0.1) is 17.9 Å². The van der Waals surface area contributed by atoms with Crippen LogP contribution in [0.1, 0.15) is 6.92 Å². The SMILES string of the molecule is CC[n+]1ccccc1N=N.[Cl-]. The molecule has 0 bridgehead atoms. The number of nitrogens with one attached hydrogen (secondary N) is 1. The van der Waals surface area contributed by atoms with Crippen molar-refractivity contribution in [3.63, 3.8) is 0 Å². The first-order valence-electron chi connectivity index (χ1n) is 3.24. The molecule has 0 aliphatic rings. The molecule has 0 aliphatic carbocycles. The molecule has 3 nitrogen and oxygen atoms in total. The molecule has 0 atom stereocenters. The molecule has 1 aromatic rings. The number of pyridine rings is 1. The third kappa shape index (κ3) is 2.27. The molecule has 0 unspecified atom stereocenters. The summed E-state index contributed by atoms with van der Waals surface area (Å²) in [7, 11) is 0. The summed E-state index contributed by atoms with van der Waals surface area (Å²) in [6.07, 6.45) is 1.91. The number of hydrogen-bond acceptors (Lipinski definition) is 2. The zero-order valence-corrected chi connectivity index (χ0v) is 7.04. The summed E-state index contributed by atoms with van der Waals surface area (Å²) in [5.74, 6) is 0.699. The molecule has 1 rings (SSSR count). The van der Waals surface area contributed by atoms with Gasteiger partial charge in [0.2, 0.25) is 0 Å². The van der Waals surface area contributed by atoms with Gasteiger partial charge >= 0.3 is 5.82 Å². The maximum absolute atomic E-state index is 6.79. The fourth-order valence-corrected chi connectivity index (χ4v) is 0.836. The normalized spacial score (nSPS) is 8.45. The molecule has 0 fully saturated rings. The Morgan fingerprint density at radius 2 is 2.27 bits per heavy atom. The molecule has 0 spiro atoms. The van der Waals surface area contributed by atoms with Gasteiger partial charge in [-0.15, -0.1) is 0 Å². The van der Waals surface area contributed by atoms with Gasteiger partial charge in [-0.1, -0.05) is 11.6 Å². The third-order valence-electron chi connectivity index (χ3n) is 1.37. The van der Waals surface area contributed by atoms with Gasteiger partial charge < -0.3 is 12.4 Å². The Hall–Kier alpha value is -0.960. The molecule has 0 aromatic carbocycles. The van der Waals surface area contributed by atoms with E-state index >= 15 is 0 Å². The van der Waals surface area contributed by atoms with Crippen LogP contribution in [-0.4, -0.2) is 0 Å². The Labute approximate surface area is 72.0 Å². The van der Waals surface area contributed by atoms with Gasteiger partial charge in [-0.2, -0.15) is 0 Å². The first-order chi connectivity index (χ1) is 4.88. The molecule has 0 amide bonds. The van der Waals surface area contributed by atoms with E-state index in [0.29, 0.717) is 5.82 Å². The van der Waals surface area contributed by atoms with Crippen molar-refractivity contribution in [2.24, 2.45) is 5.11 Å². The molecular formula is C7H10ClN3. The summed E-state index contributed by atoms with van der Waals surface area (Å²) >= 11 is 0. The highest BCUT2D eigenvalue weighted by Gasteiger charge is 2.02. The summed E-state index contributed by atoms with van der Waals surface area (Å²) in [5.41, 5.74) is 6.79. The van der Waals surface area contributed by atoms with Crippen LogP contribution in [0.4, 0.5) is 5.82 Å². The number of halogens is 1. The second-order valence-corrected chi connectivity index (χ2v) is 1.96. The Morgan fingerprint density at radius 3 is 2.73 bits per heavy atom. The minimum absolute atomic E-state index is 0. The van der Waals surface area contributed by atoms with Crippen LogP contribution in [0.15, 0.2) is 29.5 Å². The van der Waals surface area contributed by atoms with Gasteiger partial charge in [-0.3, -0.25) is 0 Å². The molecule has 0 aliphatic heterocycles. The van der Waals surface area contributed by atoms with Crippen LogP contribution in [-0.2, 0) is 6.54 Å². The van der Waals surface area contributed by atoms with E-state index in [1.54, 1.807) is 0 Å². The van der Waals surface area contributed by atoms with Crippen LogP contribution >= 0.6 is 0 Å². The van der Waals surface area contributed by atoms with Crippen LogP contribution in [0.25, 0.3) is 0 Å². The zero-order valence-electron chi connectivity index (χ0n) is 6.29. The average molecular weight is 172 g/mol. The smallest absolute Gasteiger partial charge is 0.349 e. The predicted molar refractivity (Wildman–Crippen MR) is 37.1 cm³/mol. The van der Waals surface area contributed by atoms with Gasteiger partial charge in [-0.25, -0.2) is 4.57 Å². The minimum Gasteiger partial charge on any atom is -1.00 e. The molecule has 1 N–H and O–H groups in total. The number of aromatic nitrogens is 1. The highest BCUT2D eigenvalue weighted by molar-refractivity contribution is 5.16. The second-order valence-electron chi connectivity index (χ2n) is 1.96. The van der Waals surface area contributed by atoms with Crippen molar-refractivity contribution in [2.75, 3.05) is 0 Å². The Bertz CT molecular complexity index is 237. The van der Waals surface area contributed by atoms with Crippen molar-refractivity contribution in [1.29, 1.82) is 5.53 Å². The molecule has 1 aromatic heterocycles. The van der Waals surface area contributed by atoms with E-state index in [1.165, 1.54) is 0 Å². The van der Waals surface area contributed by atoms with Crippen molar-refractivity contribution in [2.45, 2.75) is 13.5 Å². The molecule has 11 heavy (non-hydrogen) atoms. The predicted octanol–water partition coefficient (Wildman–Crippen LogP) is -1.34. The van der Waals surface area contributed by atoms with E-state index < -0.39 is 0 Å². The minimum atomic E-state index is 0. The summed E-state index contributed by atoms with van der Waals surface area (Å²) in [6, 6.07) is 5.62. The van der Waals surface area contributed by atoms with Crippen LogP contribution in [0.3, 0.4) is 0 Å². The van der Waals surface area contributed by atoms with Crippen LogP contribution < -0.4 is 17.0 Å². The Morgan fingerprint density at radius 1 is 1.55 bits per heavy atom.